The minimum Gasteiger partial charge on any atom is -0.326 e. The van der Waals surface area contributed by atoms with Crippen molar-refractivity contribution in [1.82, 2.24) is 0 Å². The van der Waals surface area contributed by atoms with E-state index in [0.717, 1.165) is 11.4 Å². The van der Waals surface area contributed by atoms with Crippen LogP contribution in [0.3, 0.4) is 0 Å². The summed E-state index contributed by atoms with van der Waals surface area (Å²) in [6.07, 6.45) is 1.00. The van der Waals surface area contributed by atoms with E-state index in [1.165, 1.54) is 0 Å². The van der Waals surface area contributed by atoms with E-state index in [0.29, 0.717) is 19.4 Å². The van der Waals surface area contributed by atoms with Gasteiger partial charge in [-0.2, -0.15) is 0 Å². The molecule has 0 aliphatic carbocycles. The normalized spacial score (nSPS) is 18.1. The molecule has 1 aliphatic heterocycles. The molecule has 1 heterocycles. The van der Waals surface area contributed by atoms with E-state index in [9.17, 15) is 9.59 Å². The highest BCUT2D eigenvalue weighted by Gasteiger charge is 2.30. The molecule has 0 radical (unpaired) electrons. The molecule has 2 amide bonds. The van der Waals surface area contributed by atoms with Crippen molar-refractivity contribution in [2.45, 2.75) is 12.8 Å². The Balaban J connectivity index is 1.70. The largest absolute Gasteiger partial charge is 0.326 e. The second-order valence-corrected chi connectivity index (χ2v) is 5.43. The number of piperidine rings is 1. The van der Waals surface area contributed by atoms with E-state index in [-0.39, 0.29) is 17.7 Å². The Morgan fingerprint density at radius 2 is 1.64 bits per heavy atom. The van der Waals surface area contributed by atoms with Gasteiger partial charge in [0, 0.05) is 24.3 Å². The molecule has 1 atom stereocenters. The number of carbonyl (C=O) groups is 2. The number of benzene rings is 2. The standard InChI is InChI=1S/C18H18N2O2/c21-17-12-11-14(13-20(17)16-9-5-2-6-10-16)18(22)19-15-7-3-1-4-8-15/h1-10,14H,11-13H2,(H,19,22). The molecule has 0 bridgehead atoms. The lowest BCUT2D eigenvalue weighted by molar-refractivity contribution is -0.124. The van der Waals surface area contributed by atoms with Gasteiger partial charge in [0.15, 0.2) is 0 Å². The zero-order valence-corrected chi connectivity index (χ0v) is 12.2. The fraction of sp³-hybridized carbons (Fsp3) is 0.222. The minimum atomic E-state index is -0.182. The van der Waals surface area contributed by atoms with Crippen molar-refractivity contribution >= 4 is 23.2 Å². The monoisotopic (exact) mass is 294 g/mol. The average Bonchev–Trinajstić information content (AvgIpc) is 2.57. The van der Waals surface area contributed by atoms with Crippen LogP contribution in [0.5, 0.6) is 0 Å². The van der Waals surface area contributed by atoms with Gasteiger partial charge in [0.2, 0.25) is 11.8 Å². The van der Waals surface area contributed by atoms with Crippen LogP contribution in [0.4, 0.5) is 11.4 Å². The first-order valence-corrected chi connectivity index (χ1v) is 7.45. The van der Waals surface area contributed by atoms with E-state index in [2.05, 4.69) is 5.32 Å². The van der Waals surface area contributed by atoms with Gasteiger partial charge in [0.1, 0.15) is 0 Å². The number of rotatable bonds is 3. The Labute approximate surface area is 129 Å². The van der Waals surface area contributed by atoms with Gasteiger partial charge in [0.05, 0.1) is 5.92 Å². The summed E-state index contributed by atoms with van der Waals surface area (Å²) >= 11 is 0. The van der Waals surface area contributed by atoms with Crippen molar-refractivity contribution in [2.24, 2.45) is 5.92 Å². The van der Waals surface area contributed by atoms with Crippen molar-refractivity contribution in [3.8, 4) is 0 Å². The number of para-hydroxylation sites is 2. The van der Waals surface area contributed by atoms with Gasteiger partial charge in [-0.25, -0.2) is 0 Å². The van der Waals surface area contributed by atoms with Crippen LogP contribution in [0, 0.1) is 5.92 Å². The maximum Gasteiger partial charge on any atom is 0.229 e. The van der Waals surface area contributed by atoms with E-state index >= 15 is 0 Å². The van der Waals surface area contributed by atoms with Crippen LogP contribution in [0.25, 0.3) is 0 Å². The SMILES string of the molecule is O=C(Nc1ccccc1)C1CCC(=O)N(c2ccccc2)C1. The number of nitrogens with one attached hydrogen (secondary N) is 1. The molecule has 2 aromatic carbocycles. The Hall–Kier alpha value is -2.62. The molecule has 112 valence electrons. The summed E-state index contributed by atoms with van der Waals surface area (Å²) in [5.74, 6) is -0.132. The molecule has 1 N–H and O–H groups in total. The number of amides is 2. The van der Waals surface area contributed by atoms with Gasteiger partial charge in [-0.05, 0) is 30.7 Å². The van der Waals surface area contributed by atoms with Gasteiger partial charge in [-0.1, -0.05) is 36.4 Å². The van der Waals surface area contributed by atoms with Crippen molar-refractivity contribution < 1.29 is 9.59 Å². The molecule has 1 unspecified atom stereocenters. The first kappa shape index (κ1) is 14.3. The third-order valence-corrected chi connectivity index (χ3v) is 3.89. The van der Waals surface area contributed by atoms with E-state index in [1.54, 1.807) is 4.90 Å². The first-order valence-electron chi connectivity index (χ1n) is 7.45. The van der Waals surface area contributed by atoms with Gasteiger partial charge in [-0.3, -0.25) is 9.59 Å². The quantitative estimate of drug-likeness (QED) is 0.945. The molecule has 22 heavy (non-hydrogen) atoms. The number of nitrogens with zero attached hydrogens (tertiary/aromatic N) is 1. The zero-order chi connectivity index (χ0) is 15.4. The fourth-order valence-electron chi connectivity index (χ4n) is 2.68. The molecule has 4 nitrogen and oxygen atoms in total. The summed E-state index contributed by atoms with van der Waals surface area (Å²) in [6, 6.07) is 18.9. The molecule has 0 aromatic heterocycles. The summed E-state index contributed by atoms with van der Waals surface area (Å²) in [6.45, 7) is 0.432. The van der Waals surface area contributed by atoms with Crippen LogP contribution in [0.1, 0.15) is 12.8 Å². The second kappa shape index (κ2) is 6.43. The predicted octanol–water partition coefficient (Wildman–Crippen LogP) is 3.07. The lowest BCUT2D eigenvalue weighted by Crippen LogP contribution is -2.44. The van der Waals surface area contributed by atoms with Crippen LogP contribution < -0.4 is 10.2 Å². The number of carbonyl (C=O) groups excluding carboxylic acids is 2. The third kappa shape index (κ3) is 3.17. The smallest absolute Gasteiger partial charge is 0.229 e. The highest BCUT2D eigenvalue weighted by Crippen LogP contribution is 2.25. The predicted molar refractivity (Wildman–Crippen MR) is 86.6 cm³/mol. The van der Waals surface area contributed by atoms with Crippen molar-refractivity contribution in [3.63, 3.8) is 0 Å². The summed E-state index contributed by atoms with van der Waals surface area (Å²) in [4.78, 5) is 26.2. The molecule has 2 aromatic rings. The zero-order valence-electron chi connectivity index (χ0n) is 12.2. The first-order chi connectivity index (χ1) is 10.7. The summed E-state index contributed by atoms with van der Waals surface area (Å²) < 4.78 is 0. The molecule has 3 rings (SSSR count). The lowest BCUT2D eigenvalue weighted by atomic mass is 9.96. The molecular weight excluding hydrogens is 276 g/mol. The van der Waals surface area contributed by atoms with Gasteiger partial charge < -0.3 is 10.2 Å². The molecule has 0 spiro atoms. The van der Waals surface area contributed by atoms with Crippen LogP contribution in [-0.4, -0.2) is 18.4 Å². The van der Waals surface area contributed by atoms with E-state index < -0.39 is 0 Å². The van der Waals surface area contributed by atoms with Gasteiger partial charge in [-0.15, -0.1) is 0 Å². The maximum absolute atomic E-state index is 12.4. The van der Waals surface area contributed by atoms with Gasteiger partial charge >= 0.3 is 0 Å². The van der Waals surface area contributed by atoms with Crippen LogP contribution in [-0.2, 0) is 9.59 Å². The Kier molecular flexibility index (Phi) is 4.19. The molecule has 1 fully saturated rings. The molecular formula is C18H18N2O2. The average molecular weight is 294 g/mol. The summed E-state index contributed by atoms with van der Waals surface area (Å²) in [5.41, 5.74) is 1.64. The van der Waals surface area contributed by atoms with Crippen LogP contribution >= 0.6 is 0 Å². The highest BCUT2D eigenvalue weighted by molar-refractivity contribution is 5.99. The number of anilines is 2. The maximum atomic E-state index is 12.4. The van der Waals surface area contributed by atoms with Crippen molar-refractivity contribution in [3.05, 3.63) is 60.7 Å². The van der Waals surface area contributed by atoms with Crippen molar-refractivity contribution in [1.29, 1.82) is 0 Å². The lowest BCUT2D eigenvalue weighted by Gasteiger charge is -2.32. The van der Waals surface area contributed by atoms with Gasteiger partial charge in [0.25, 0.3) is 0 Å². The Morgan fingerprint density at radius 1 is 1.00 bits per heavy atom. The van der Waals surface area contributed by atoms with Crippen LogP contribution in [0.2, 0.25) is 0 Å². The molecule has 4 heteroatoms. The Bertz CT molecular complexity index is 655. The summed E-state index contributed by atoms with van der Waals surface area (Å²) in [5, 5.41) is 2.92. The Morgan fingerprint density at radius 3 is 2.32 bits per heavy atom. The number of hydrogen-bond acceptors (Lipinski definition) is 2. The van der Waals surface area contributed by atoms with Crippen molar-refractivity contribution in [2.75, 3.05) is 16.8 Å². The molecule has 1 aliphatic rings. The third-order valence-electron chi connectivity index (χ3n) is 3.89. The van der Waals surface area contributed by atoms with E-state index in [4.69, 9.17) is 0 Å². The highest BCUT2D eigenvalue weighted by atomic mass is 16.2. The second-order valence-electron chi connectivity index (χ2n) is 5.43. The minimum absolute atomic E-state index is 0.0281. The van der Waals surface area contributed by atoms with E-state index in [1.807, 2.05) is 60.7 Å². The summed E-state index contributed by atoms with van der Waals surface area (Å²) in [7, 11) is 0. The molecule has 0 saturated carbocycles. The number of hydrogen-bond donors (Lipinski definition) is 1. The van der Waals surface area contributed by atoms with Crippen LogP contribution in [0.15, 0.2) is 60.7 Å². The molecule has 1 saturated heterocycles. The topological polar surface area (TPSA) is 49.4 Å². The fourth-order valence-corrected chi connectivity index (χ4v) is 2.68.